The molecule has 10 heteroatoms. The summed E-state index contributed by atoms with van der Waals surface area (Å²) in [6, 6.07) is 0.228. The van der Waals surface area contributed by atoms with Gasteiger partial charge in [0.2, 0.25) is 10.0 Å². The summed E-state index contributed by atoms with van der Waals surface area (Å²) in [5, 5.41) is 9.87. The lowest BCUT2D eigenvalue weighted by atomic mass is 9.93. The second-order valence-corrected chi connectivity index (χ2v) is 11.0. The molecule has 0 unspecified atom stereocenters. The van der Waals surface area contributed by atoms with Crippen LogP contribution in [0.2, 0.25) is 0 Å². The Bertz CT molecular complexity index is 735. The topological polar surface area (TPSA) is 86.7 Å². The quantitative estimate of drug-likeness (QED) is 0.328. The highest BCUT2D eigenvalue weighted by molar-refractivity contribution is 14.0. The Morgan fingerprint density at radius 1 is 1.36 bits per heavy atom. The van der Waals surface area contributed by atoms with E-state index in [0.29, 0.717) is 26.1 Å². The molecule has 2 N–H and O–H groups in total. The van der Waals surface area contributed by atoms with Gasteiger partial charge >= 0.3 is 0 Å². The lowest BCUT2D eigenvalue weighted by Gasteiger charge is -2.32. The van der Waals surface area contributed by atoms with Gasteiger partial charge in [-0.15, -0.1) is 35.3 Å². The zero-order valence-corrected chi connectivity index (χ0v) is 21.5. The van der Waals surface area contributed by atoms with Crippen molar-refractivity contribution in [3.05, 3.63) is 16.1 Å². The summed E-state index contributed by atoms with van der Waals surface area (Å²) in [7, 11) is -1.35. The summed E-state index contributed by atoms with van der Waals surface area (Å²) >= 11 is 1.65. The Balaban J connectivity index is 0.00000392. The molecule has 1 fully saturated rings. The van der Waals surface area contributed by atoms with Crippen LogP contribution in [0.1, 0.15) is 57.7 Å². The monoisotopic (exact) mass is 543 g/mol. The molecule has 0 radical (unpaired) electrons. The number of aliphatic imine (C=N–C) groups is 1. The van der Waals surface area contributed by atoms with E-state index in [9.17, 15) is 8.42 Å². The number of nitrogens with zero attached hydrogens (tertiary/aromatic N) is 3. The van der Waals surface area contributed by atoms with E-state index in [4.69, 9.17) is 0 Å². The number of sulfonamides is 1. The highest BCUT2D eigenvalue weighted by atomic mass is 127. The number of halogens is 1. The van der Waals surface area contributed by atoms with E-state index in [-0.39, 0.29) is 41.2 Å². The molecular formula is C18H34IN5O2S2. The van der Waals surface area contributed by atoms with Crippen LogP contribution in [0.5, 0.6) is 0 Å². The summed E-state index contributed by atoms with van der Waals surface area (Å²) in [6.45, 7) is 10.1. The summed E-state index contributed by atoms with van der Waals surface area (Å²) in [4.78, 5) is 8.98. The summed E-state index contributed by atoms with van der Waals surface area (Å²) < 4.78 is 26.0. The molecule has 2 rings (SSSR count). The normalized spacial score (nSPS) is 17.2. The highest BCUT2D eigenvalue weighted by Crippen LogP contribution is 2.23. The number of piperidine rings is 1. The molecule has 1 aromatic heterocycles. The summed E-state index contributed by atoms with van der Waals surface area (Å²) in [5.41, 5.74) is 1.16. The van der Waals surface area contributed by atoms with Crippen LogP contribution in [0, 0.1) is 0 Å². The first-order chi connectivity index (χ1) is 12.7. The number of guanidine groups is 1. The predicted molar refractivity (Wildman–Crippen MR) is 128 cm³/mol. The third-order valence-corrected chi connectivity index (χ3v) is 7.53. The summed E-state index contributed by atoms with van der Waals surface area (Å²) in [5.74, 6) is 0.968. The van der Waals surface area contributed by atoms with Gasteiger partial charge < -0.3 is 10.6 Å². The molecule has 0 spiro atoms. The molecule has 0 saturated carbocycles. The third kappa shape index (κ3) is 7.42. The van der Waals surface area contributed by atoms with Crippen LogP contribution in [0.15, 0.2) is 10.4 Å². The molecule has 0 aliphatic carbocycles. The van der Waals surface area contributed by atoms with Crippen molar-refractivity contribution in [2.45, 2.75) is 65.0 Å². The minimum atomic E-state index is -3.09. The Morgan fingerprint density at radius 2 is 2.00 bits per heavy atom. The Morgan fingerprint density at radius 3 is 2.50 bits per heavy atom. The van der Waals surface area contributed by atoms with Crippen LogP contribution in [0.25, 0.3) is 0 Å². The van der Waals surface area contributed by atoms with E-state index in [1.807, 2.05) is 6.92 Å². The fourth-order valence-electron chi connectivity index (χ4n) is 2.95. The van der Waals surface area contributed by atoms with Gasteiger partial charge in [0, 0.05) is 37.0 Å². The van der Waals surface area contributed by atoms with Gasteiger partial charge in [-0.05, 0) is 19.3 Å². The molecule has 0 atom stereocenters. The second kappa shape index (κ2) is 11.1. The number of nitrogens with one attached hydrogen (secondary N) is 2. The zero-order valence-electron chi connectivity index (χ0n) is 17.5. The lowest BCUT2D eigenvalue weighted by molar-refractivity contribution is 0.306. The molecule has 0 aromatic carbocycles. The maximum Gasteiger partial charge on any atom is 0.214 e. The van der Waals surface area contributed by atoms with Gasteiger partial charge in [0.15, 0.2) is 5.96 Å². The average Bonchev–Trinajstić information content (AvgIpc) is 3.08. The van der Waals surface area contributed by atoms with Crippen molar-refractivity contribution in [3.8, 4) is 0 Å². The van der Waals surface area contributed by atoms with Crippen LogP contribution in [0.4, 0.5) is 0 Å². The maximum atomic E-state index is 12.2. The van der Waals surface area contributed by atoms with Crippen LogP contribution < -0.4 is 10.6 Å². The van der Waals surface area contributed by atoms with Crippen molar-refractivity contribution in [2.75, 3.05) is 25.9 Å². The van der Waals surface area contributed by atoms with Crippen LogP contribution in [0.3, 0.4) is 0 Å². The van der Waals surface area contributed by atoms with E-state index in [2.05, 4.69) is 46.8 Å². The minimum absolute atomic E-state index is 0. The molecule has 28 heavy (non-hydrogen) atoms. The number of thiazole rings is 1. The molecule has 162 valence electrons. The SMILES string of the molecule is CCCS(=O)(=O)N1CCC(NC(=NC)NCc2nc(C(C)(C)C)cs2)CC1.I. The van der Waals surface area contributed by atoms with Gasteiger partial charge in [0.1, 0.15) is 5.01 Å². The van der Waals surface area contributed by atoms with Crippen LogP contribution >= 0.6 is 35.3 Å². The molecule has 1 aliphatic heterocycles. The first kappa shape index (κ1) is 25.6. The zero-order chi connectivity index (χ0) is 20.1. The van der Waals surface area contributed by atoms with Crippen molar-refractivity contribution in [1.82, 2.24) is 19.9 Å². The van der Waals surface area contributed by atoms with E-state index >= 15 is 0 Å². The van der Waals surface area contributed by atoms with Crippen LogP contribution in [-0.4, -0.2) is 55.6 Å². The largest absolute Gasteiger partial charge is 0.354 e. The molecule has 2 heterocycles. The molecule has 0 bridgehead atoms. The van der Waals surface area contributed by atoms with Crippen molar-refractivity contribution < 1.29 is 8.42 Å². The van der Waals surface area contributed by atoms with Gasteiger partial charge in [-0.3, -0.25) is 4.99 Å². The number of aromatic nitrogens is 1. The Labute approximate surface area is 190 Å². The molecule has 1 aromatic rings. The fourth-order valence-corrected chi connectivity index (χ4v) is 5.45. The number of hydrogen-bond acceptors (Lipinski definition) is 5. The third-order valence-electron chi connectivity index (χ3n) is 4.60. The average molecular weight is 544 g/mol. The molecule has 7 nitrogen and oxygen atoms in total. The molecule has 1 saturated heterocycles. The highest BCUT2D eigenvalue weighted by Gasteiger charge is 2.27. The Kier molecular flexibility index (Phi) is 10.1. The van der Waals surface area contributed by atoms with E-state index < -0.39 is 10.0 Å². The fraction of sp³-hybridized carbons (Fsp3) is 0.778. The van der Waals surface area contributed by atoms with Crippen LogP contribution in [-0.2, 0) is 22.0 Å². The molecular weight excluding hydrogens is 509 g/mol. The molecule has 0 amide bonds. The lowest BCUT2D eigenvalue weighted by Crippen LogP contribution is -2.49. The smallest absolute Gasteiger partial charge is 0.214 e. The predicted octanol–water partition coefficient (Wildman–Crippen LogP) is 2.93. The van der Waals surface area contributed by atoms with Gasteiger partial charge in [-0.1, -0.05) is 27.7 Å². The number of hydrogen-bond donors (Lipinski definition) is 2. The van der Waals surface area contributed by atoms with Gasteiger partial charge in [0.25, 0.3) is 0 Å². The first-order valence-electron chi connectivity index (χ1n) is 9.55. The summed E-state index contributed by atoms with van der Waals surface area (Å²) in [6.07, 6.45) is 2.23. The van der Waals surface area contributed by atoms with Gasteiger partial charge in [-0.2, -0.15) is 0 Å². The Hall–Kier alpha value is -0.460. The van der Waals surface area contributed by atoms with Crippen molar-refractivity contribution in [3.63, 3.8) is 0 Å². The van der Waals surface area contributed by atoms with Crippen molar-refractivity contribution in [2.24, 2.45) is 4.99 Å². The van der Waals surface area contributed by atoms with Gasteiger partial charge in [-0.25, -0.2) is 17.7 Å². The second-order valence-electron chi connectivity index (χ2n) is 7.94. The van der Waals surface area contributed by atoms with Crippen molar-refractivity contribution >= 4 is 51.3 Å². The van der Waals surface area contributed by atoms with E-state index in [1.54, 1.807) is 22.7 Å². The van der Waals surface area contributed by atoms with Gasteiger partial charge in [0.05, 0.1) is 18.0 Å². The molecule has 1 aliphatic rings. The van der Waals surface area contributed by atoms with E-state index in [1.165, 1.54) is 0 Å². The minimum Gasteiger partial charge on any atom is -0.354 e. The standard InChI is InChI=1S/C18H33N5O2S2.HI/c1-6-11-27(24,25)23-9-7-14(8-10-23)21-17(19-5)20-12-16-22-15(13-26-16)18(2,3)4;/h13-14H,6-12H2,1-5H3,(H2,19,20,21);1H. The first-order valence-corrected chi connectivity index (χ1v) is 12.0. The maximum absolute atomic E-state index is 12.2. The van der Waals surface area contributed by atoms with E-state index in [0.717, 1.165) is 29.5 Å². The number of rotatable bonds is 6. The van der Waals surface area contributed by atoms with Crippen molar-refractivity contribution in [1.29, 1.82) is 0 Å².